The van der Waals surface area contributed by atoms with Crippen molar-refractivity contribution in [3.05, 3.63) is 54.1 Å². The van der Waals surface area contributed by atoms with Gasteiger partial charge in [-0.2, -0.15) is 0 Å². The highest BCUT2D eigenvalue weighted by Crippen LogP contribution is 2.27. The van der Waals surface area contributed by atoms with Gasteiger partial charge < -0.3 is 14.4 Å². The minimum atomic E-state index is -3.35. The average molecular weight is 418 g/mol. The minimum Gasteiger partial charge on any atom is -0.497 e. The Morgan fingerprint density at radius 2 is 1.72 bits per heavy atom. The molecule has 1 saturated heterocycles. The molecular formula is C22H27NO5S. The fourth-order valence-corrected chi connectivity index (χ4v) is 5.43. The van der Waals surface area contributed by atoms with Crippen molar-refractivity contribution in [2.45, 2.75) is 35.8 Å². The molecule has 2 aromatic rings. The van der Waals surface area contributed by atoms with Crippen LogP contribution in [0, 0.1) is 0 Å². The van der Waals surface area contributed by atoms with Crippen LogP contribution in [0.1, 0.15) is 24.8 Å². The maximum Gasteiger partial charge on any atom is 0.222 e. The predicted octanol–water partition coefficient (Wildman–Crippen LogP) is 3.10. The Morgan fingerprint density at radius 3 is 2.34 bits per heavy atom. The number of carbonyl (C=O) groups is 1. The zero-order valence-corrected chi connectivity index (χ0v) is 17.7. The first-order chi connectivity index (χ1) is 14.0. The second-order valence-electron chi connectivity index (χ2n) is 7.12. The van der Waals surface area contributed by atoms with Gasteiger partial charge in [0, 0.05) is 25.6 Å². The fraction of sp³-hybridized carbons (Fsp3) is 0.409. The number of rotatable bonds is 7. The van der Waals surface area contributed by atoms with Crippen LogP contribution in [0.3, 0.4) is 0 Å². The average Bonchev–Trinajstić information content (AvgIpc) is 2.78. The van der Waals surface area contributed by atoms with Crippen molar-refractivity contribution in [1.29, 1.82) is 0 Å². The number of amides is 1. The molecular weight excluding hydrogens is 390 g/mol. The van der Waals surface area contributed by atoms with Crippen molar-refractivity contribution in [2.24, 2.45) is 0 Å². The first-order valence-electron chi connectivity index (χ1n) is 9.73. The molecule has 6 nitrogen and oxygen atoms in total. The third kappa shape index (κ3) is 4.90. The normalized spacial score (nSPS) is 15.2. The van der Waals surface area contributed by atoms with Crippen LogP contribution in [0.15, 0.2) is 53.4 Å². The highest BCUT2D eigenvalue weighted by molar-refractivity contribution is 7.92. The molecule has 0 N–H and O–H groups in total. The lowest BCUT2D eigenvalue weighted by atomic mass is 10.1. The number of sulfone groups is 1. The van der Waals surface area contributed by atoms with Gasteiger partial charge in [0.05, 0.1) is 24.4 Å². The van der Waals surface area contributed by atoms with Crippen LogP contribution in [0.25, 0.3) is 0 Å². The fourth-order valence-electron chi connectivity index (χ4n) is 3.68. The number of hydrogen-bond acceptors (Lipinski definition) is 5. The van der Waals surface area contributed by atoms with Gasteiger partial charge in [0.1, 0.15) is 11.5 Å². The van der Waals surface area contributed by atoms with Gasteiger partial charge in [0.2, 0.25) is 5.91 Å². The number of hydrogen-bond donors (Lipinski definition) is 0. The maximum atomic E-state index is 12.8. The largest absolute Gasteiger partial charge is 0.497 e. The van der Waals surface area contributed by atoms with E-state index in [9.17, 15) is 13.2 Å². The summed E-state index contributed by atoms with van der Waals surface area (Å²) < 4.78 is 36.1. The standard InChI is InChI=1S/C22H27NO5S/c1-27-18-10-8-17(21(16-18)28-2)9-11-22(24)23-14-12-20(13-15-23)29(25,26)19-6-4-3-5-7-19/h3-8,10,16,20H,9,11-15H2,1-2H3. The zero-order chi connectivity index (χ0) is 20.9. The summed E-state index contributed by atoms with van der Waals surface area (Å²) in [6.07, 6.45) is 1.86. The molecule has 1 aliphatic rings. The number of methoxy groups -OCH3 is 2. The lowest BCUT2D eigenvalue weighted by Gasteiger charge is -2.32. The molecule has 156 valence electrons. The number of carbonyl (C=O) groups excluding carboxylic acids is 1. The molecule has 0 atom stereocenters. The van der Waals surface area contributed by atoms with Crippen molar-refractivity contribution in [3.63, 3.8) is 0 Å². The third-order valence-electron chi connectivity index (χ3n) is 5.41. The number of piperidine rings is 1. The van der Waals surface area contributed by atoms with Crippen LogP contribution < -0.4 is 9.47 Å². The van der Waals surface area contributed by atoms with Gasteiger partial charge >= 0.3 is 0 Å². The molecule has 29 heavy (non-hydrogen) atoms. The number of benzene rings is 2. The summed E-state index contributed by atoms with van der Waals surface area (Å²) in [5.41, 5.74) is 0.947. The Balaban J connectivity index is 1.56. The van der Waals surface area contributed by atoms with Gasteiger partial charge in [0.25, 0.3) is 0 Å². The van der Waals surface area contributed by atoms with E-state index in [1.807, 2.05) is 12.1 Å². The lowest BCUT2D eigenvalue weighted by molar-refractivity contribution is -0.132. The van der Waals surface area contributed by atoms with Gasteiger partial charge in [-0.25, -0.2) is 8.42 Å². The number of nitrogens with zero attached hydrogens (tertiary/aromatic N) is 1. The van der Waals surface area contributed by atoms with E-state index in [2.05, 4.69) is 0 Å². The van der Waals surface area contributed by atoms with Crippen molar-refractivity contribution in [2.75, 3.05) is 27.3 Å². The van der Waals surface area contributed by atoms with E-state index < -0.39 is 15.1 Å². The molecule has 1 aliphatic heterocycles. The Morgan fingerprint density at radius 1 is 1.03 bits per heavy atom. The zero-order valence-electron chi connectivity index (χ0n) is 16.8. The minimum absolute atomic E-state index is 0.0402. The summed E-state index contributed by atoms with van der Waals surface area (Å²) in [7, 11) is -0.156. The third-order valence-corrected chi connectivity index (χ3v) is 7.69. The maximum absolute atomic E-state index is 12.8. The van der Waals surface area contributed by atoms with E-state index in [1.165, 1.54) is 0 Å². The van der Waals surface area contributed by atoms with E-state index in [4.69, 9.17) is 9.47 Å². The van der Waals surface area contributed by atoms with E-state index >= 15 is 0 Å². The molecule has 0 aromatic heterocycles. The second kappa shape index (κ2) is 9.31. The summed E-state index contributed by atoms with van der Waals surface area (Å²) in [5.74, 6) is 1.45. The molecule has 1 heterocycles. The SMILES string of the molecule is COc1ccc(CCC(=O)N2CCC(S(=O)(=O)c3ccccc3)CC2)c(OC)c1. The molecule has 3 rings (SSSR count). The highest BCUT2D eigenvalue weighted by Gasteiger charge is 2.32. The Kier molecular flexibility index (Phi) is 6.79. The Hall–Kier alpha value is -2.54. The number of likely N-dealkylation sites (tertiary alicyclic amines) is 1. The molecule has 0 bridgehead atoms. The molecule has 0 unspecified atom stereocenters. The smallest absolute Gasteiger partial charge is 0.222 e. The van der Waals surface area contributed by atoms with E-state index in [1.54, 1.807) is 55.5 Å². The Labute approximate surface area is 172 Å². The molecule has 1 fully saturated rings. The van der Waals surface area contributed by atoms with Crippen molar-refractivity contribution in [1.82, 2.24) is 4.90 Å². The van der Waals surface area contributed by atoms with Gasteiger partial charge in [-0.1, -0.05) is 24.3 Å². The molecule has 7 heteroatoms. The van der Waals surface area contributed by atoms with Gasteiger partial charge in [-0.05, 0) is 43.0 Å². The monoisotopic (exact) mass is 417 g/mol. The number of aryl methyl sites for hydroxylation is 1. The molecule has 0 aliphatic carbocycles. The summed E-state index contributed by atoms with van der Waals surface area (Å²) in [6.45, 7) is 0.935. The van der Waals surface area contributed by atoms with E-state index in [-0.39, 0.29) is 5.91 Å². The van der Waals surface area contributed by atoms with Crippen LogP contribution in [0.4, 0.5) is 0 Å². The van der Waals surface area contributed by atoms with Gasteiger partial charge in [-0.15, -0.1) is 0 Å². The van der Waals surface area contributed by atoms with Crippen LogP contribution in [-0.4, -0.2) is 51.8 Å². The Bertz CT molecular complexity index is 935. The first-order valence-corrected chi connectivity index (χ1v) is 11.3. The number of ether oxygens (including phenoxy) is 2. The van der Waals surface area contributed by atoms with Crippen molar-refractivity contribution in [3.8, 4) is 11.5 Å². The summed E-state index contributed by atoms with van der Waals surface area (Å²) >= 11 is 0. The van der Waals surface area contributed by atoms with Crippen molar-refractivity contribution >= 4 is 15.7 Å². The summed E-state index contributed by atoms with van der Waals surface area (Å²) in [6, 6.07) is 14.1. The molecule has 1 amide bonds. The molecule has 2 aromatic carbocycles. The lowest BCUT2D eigenvalue weighted by Crippen LogP contribution is -2.42. The predicted molar refractivity (Wildman–Crippen MR) is 111 cm³/mol. The van der Waals surface area contributed by atoms with Crippen LogP contribution in [0.5, 0.6) is 11.5 Å². The second-order valence-corrected chi connectivity index (χ2v) is 9.34. The quantitative estimate of drug-likeness (QED) is 0.692. The molecule has 0 radical (unpaired) electrons. The van der Waals surface area contributed by atoms with E-state index in [0.717, 1.165) is 5.56 Å². The van der Waals surface area contributed by atoms with Crippen LogP contribution in [-0.2, 0) is 21.1 Å². The van der Waals surface area contributed by atoms with Gasteiger partial charge in [0.15, 0.2) is 9.84 Å². The summed E-state index contributed by atoms with van der Waals surface area (Å²) in [5, 5.41) is -0.435. The van der Waals surface area contributed by atoms with Gasteiger partial charge in [-0.3, -0.25) is 4.79 Å². The first kappa shape index (κ1) is 21.2. The summed E-state index contributed by atoms with van der Waals surface area (Å²) in [4.78, 5) is 14.8. The van der Waals surface area contributed by atoms with Crippen LogP contribution >= 0.6 is 0 Å². The highest BCUT2D eigenvalue weighted by atomic mass is 32.2. The molecule has 0 saturated carbocycles. The van der Waals surface area contributed by atoms with E-state index in [0.29, 0.717) is 55.2 Å². The molecule has 0 spiro atoms. The van der Waals surface area contributed by atoms with Crippen LogP contribution in [0.2, 0.25) is 0 Å². The van der Waals surface area contributed by atoms with Crippen molar-refractivity contribution < 1.29 is 22.7 Å². The topological polar surface area (TPSA) is 72.9 Å².